The molecule has 2 aromatic rings. The first-order valence-electron chi connectivity index (χ1n) is 6.77. The normalized spacial score (nSPS) is 11.7. The van der Waals surface area contributed by atoms with Crippen molar-refractivity contribution in [2.75, 3.05) is 19.4 Å². The Kier molecular flexibility index (Phi) is 5.17. The molecular formula is C15H20N2O3S. The minimum Gasteiger partial charge on any atom is -0.496 e. The third-order valence-corrected chi connectivity index (χ3v) is 4.16. The molecule has 0 atom stereocenters. The van der Waals surface area contributed by atoms with Gasteiger partial charge < -0.3 is 10.1 Å². The van der Waals surface area contributed by atoms with E-state index in [1.165, 1.54) is 0 Å². The zero-order chi connectivity index (χ0) is 15.3. The second kappa shape index (κ2) is 6.89. The van der Waals surface area contributed by atoms with E-state index in [4.69, 9.17) is 9.88 Å². The average molecular weight is 308 g/mol. The van der Waals surface area contributed by atoms with Crippen LogP contribution in [0.2, 0.25) is 0 Å². The zero-order valence-electron chi connectivity index (χ0n) is 12.0. The van der Waals surface area contributed by atoms with Gasteiger partial charge in [0, 0.05) is 12.1 Å². The minimum absolute atomic E-state index is 0.00727. The van der Waals surface area contributed by atoms with Gasteiger partial charge >= 0.3 is 0 Å². The van der Waals surface area contributed by atoms with Gasteiger partial charge in [0.1, 0.15) is 5.75 Å². The van der Waals surface area contributed by atoms with E-state index in [2.05, 4.69) is 17.4 Å². The lowest BCUT2D eigenvalue weighted by molar-refractivity contribution is 0.408. The second-order valence-electron chi connectivity index (χ2n) is 4.86. The van der Waals surface area contributed by atoms with Gasteiger partial charge in [-0.05, 0) is 29.8 Å². The highest BCUT2D eigenvalue weighted by molar-refractivity contribution is 7.89. The molecule has 0 spiro atoms. The van der Waals surface area contributed by atoms with Crippen LogP contribution in [0.1, 0.15) is 12.0 Å². The molecule has 0 bridgehead atoms. The van der Waals surface area contributed by atoms with E-state index >= 15 is 0 Å². The molecule has 3 N–H and O–H groups in total. The molecule has 5 nitrogen and oxygen atoms in total. The molecule has 0 radical (unpaired) electrons. The average Bonchev–Trinajstić information content (AvgIpc) is 2.45. The number of nitrogens with one attached hydrogen (secondary N) is 1. The van der Waals surface area contributed by atoms with Gasteiger partial charge in [0.05, 0.1) is 12.9 Å². The molecule has 114 valence electrons. The van der Waals surface area contributed by atoms with Crippen molar-refractivity contribution in [1.29, 1.82) is 0 Å². The van der Waals surface area contributed by atoms with Crippen LogP contribution in [0.25, 0.3) is 10.8 Å². The molecule has 0 unspecified atom stereocenters. The molecule has 0 fully saturated rings. The summed E-state index contributed by atoms with van der Waals surface area (Å²) in [6.45, 7) is 1.21. The quantitative estimate of drug-likeness (QED) is 0.762. The Morgan fingerprint density at radius 1 is 1.19 bits per heavy atom. The van der Waals surface area contributed by atoms with Crippen LogP contribution in [0.5, 0.6) is 5.75 Å². The number of hydrogen-bond donors (Lipinski definition) is 2. The Hall–Kier alpha value is -1.63. The first kappa shape index (κ1) is 15.8. The summed E-state index contributed by atoms with van der Waals surface area (Å²) >= 11 is 0. The fourth-order valence-electron chi connectivity index (χ4n) is 2.30. The highest BCUT2D eigenvalue weighted by atomic mass is 32.2. The van der Waals surface area contributed by atoms with Crippen LogP contribution in [0.15, 0.2) is 36.4 Å². The van der Waals surface area contributed by atoms with Crippen LogP contribution in [0.3, 0.4) is 0 Å². The van der Waals surface area contributed by atoms with Crippen LogP contribution in [0, 0.1) is 0 Å². The van der Waals surface area contributed by atoms with E-state index in [1.807, 2.05) is 24.3 Å². The largest absolute Gasteiger partial charge is 0.496 e. The number of benzene rings is 2. The van der Waals surface area contributed by atoms with Gasteiger partial charge in [0.25, 0.3) is 0 Å². The van der Waals surface area contributed by atoms with Crippen LogP contribution in [-0.2, 0) is 16.6 Å². The lowest BCUT2D eigenvalue weighted by Gasteiger charge is -2.13. The molecule has 0 aliphatic heterocycles. The molecule has 0 amide bonds. The zero-order valence-corrected chi connectivity index (χ0v) is 12.8. The number of nitrogens with two attached hydrogens (primary N) is 1. The highest BCUT2D eigenvalue weighted by Gasteiger charge is 2.08. The minimum atomic E-state index is -3.38. The van der Waals surface area contributed by atoms with Gasteiger partial charge in [0.2, 0.25) is 10.0 Å². The maximum Gasteiger partial charge on any atom is 0.209 e. The topological polar surface area (TPSA) is 81.4 Å². The predicted octanol–water partition coefficient (Wildman–Crippen LogP) is 1.62. The summed E-state index contributed by atoms with van der Waals surface area (Å²) in [6, 6.07) is 12.1. The van der Waals surface area contributed by atoms with Gasteiger partial charge in [0.15, 0.2) is 0 Å². The number of rotatable bonds is 7. The highest BCUT2D eigenvalue weighted by Crippen LogP contribution is 2.27. The molecule has 21 heavy (non-hydrogen) atoms. The molecule has 2 aromatic carbocycles. The Morgan fingerprint density at radius 3 is 2.67 bits per heavy atom. The van der Waals surface area contributed by atoms with Gasteiger partial charge in [-0.1, -0.05) is 30.3 Å². The number of ether oxygens (including phenoxy) is 1. The number of sulfonamides is 1. The van der Waals surface area contributed by atoms with Crippen molar-refractivity contribution in [1.82, 2.24) is 5.32 Å². The molecule has 0 aromatic heterocycles. The van der Waals surface area contributed by atoms with Crippen molar-refractivity contribution in [2.45, 2.75) is 13.0 Å². The van der Waals surface area contributed by atoms with Gasteiger partial charge in [-0.3, -0.25) is 0 Å². The first-order valence-corrected chi connectivity index (χ1v) is 8.48. The van der Waals surface area contributed by atoms with E-state index in [9.17, 15) is 8.42 Å². The van der Waals surface area contributed by atoms with Crippen molar-refractivity contribution >= 4 is 20.8 Å². The van der Waals surface area contributed by atoms with E-state index in [0.29, 0.717) is 19.5 Å². The molecule has 0 heterocycles. The lowest BCUT2D eigenvalue weighted by atomic mass is 10.0. The van der Waals surface area contributed by atoms with Crippen LogP contribution < -0.4 is 15.2 Å². The van der Waals surface area contributed by atoms with E-state index < -0.39 is 10.0 Å². The Morgan fingerprint density at radius 2 is 1.95 bits per heavy atom. The SMILES string of the molecule is COc1ccc2ccccc2c1CNCCCS(N)(=O)=O. The molecule has 0 saturated carbocycles. The van der Waals surface area contributed by atoms with Crippen molar-refractivity contribution in [2.24, 2.45) is 5.14 Å². The summed E-state index contributed by atoms with van der Waals surface area (Å²) in [7, 11) is -1.73. The van der Waals surface area contributed by atoms with Crippen molar-refractivity contribution in [3.8, 4) is 5.75 Å². The van der Waals surface area contributed by atoms with E-state index in [0.717, 1.165) is 22.1 Å². The Labute approximate surface area is 125 Å². The van der Waals surface area contributed by atoms with E-state index in [-0.39, 0.29) is 5.75 Å². The smallest absolute Gasteiger partial charge is 0.209 e. The fourth-order valence-corrected chi connectivity index (χ4v) is 2.85. The van der Waals surface area contributed by atoms with Crippen molar-refractivity contribution in [3.63, 3.8) is 0 Å². The molecule has 0 saturated heterocycles. The van der Waals surface area contributed by atoms with Gasteiger partial charge in [-0.15, -0.1) is 0 Å². The molecule has 0 aliphatic rings. The maximum absolute atomic E-state index is 10.9. The summed E-state index contributed by atoms with van der Waals surface area (Å²) < 4.78 is 27.1. The Bertz CT molecular complexity index is 714. The number of hydrogen-bond acceptors (Lipinski definition) is 4. The number of methoxy groups -OCH3 is 1. The third-order valence-electron chi connectivity index (χ3n) is 3.30. The maximum atomic E-state index is 10.9. The molecule has 6 heteroatoms. The third kappa shape index (κ3) is 4.42. The predicted molar refractivity (Wildman–Crippen MR) is 84.8 cm³/mol. The number of primary sulfonamides is 1. The van der Waals surface area contributed by atoms with E-state index in [1.54, 1.807) is 7.11 Å². The van der Waals surface area contributed by atoms with Crippen molar-refractivity contribution in [3.05, 3.63) is 42.0 Å². The first-order chi connectivity index (χ1) is 10.0. The second-order valence-corrected chi connectivity index (χ2v) is 6.60. The molecular weight excluding hydrogens is 288 g/mol. The van der Waals surface area contributed by atoms with Crippen LogP contribution in [0.4, 0.5) is 0 Å². The summed E-state index contributed by atoms with van der Waals surface area (Å²) in [4.78, 5) is 0. The molecule has 2 rings (SSSR count). The standard InChI is InChI=1S/C15H20N2O3S/c1-20-15-8-7-12-5-2-3-6-13(12)14(15)11-17-9-4-10-21(16,18)19/h2-3,5-8,17H,4,9-11H2,1H3,(H2,16,18,19). The summed E-state index contributed by atoms with van der Waals surface area (Å²) in [5.41, 5.74) is 1.08. The monoisotopic (exact) mass is 308 g/mol. The van der Waals surface area contributed by atoms with Crippen molar-refractivity contribution < 1.29 is 13.2 Å². The Balaban J connectivity index is 2.06. The number of fused-ring (bicyclic) bond motifs is 1. The lowest BCUT2D eigenvalue weighted by Crippen LogP contribution is -2.22. The fraction of sp³-hybridized carbons (Fsp3) is 0.333. The summed E-state index contributed by atoms with van der Waals surface area (Å²) in [6.07, 6.45) is 0.492. The van der Waals surface area contributed by atoms with Crippen LogP contribution in [-0.4, -0.2) is 27.8 Å². The van der Waals surface area contributed by atoms with Gasteiger partial charge in [-0.2, -0.15) is 0 Å². The van der Waals surface area contributed by atoms with Crippen LogP contribution >= 0.6 is 0 Å². The molecule has 0 aliphatic carbocycles. The summed E-state index contributed by atoms with van der Waals surface area (Å²) in [5.74, 6) is 0.819. The summed E-state index contributed by atoms with van der Waals surface area (Å²) in [5, 5.41) is 10.5. The van der Waals surface area contributed by atoms with Gasteiger partial charge in [-0.25, -0.2) is 13.6 Å².